The molecule has 0 aliphatic rings. The number of carbonyl (C=O) groups is 1. The largest absolute Gasteiger partial charge is 0.352 e. The highest BCUT2D eigenvalue weighted by atomic mass is 79.9. The van der Waals surface area contributed by atoms with Crippen LogP contribution in [-0.2, 0) is 11.2 Å². The van der Waals surface area contributed by atoms with Gasteiger partial charge >= 0.3 is 0 Å². The number of rotatable bonds is 4. The van der Waals surface area contributed by atoms with Crippen LogP contribution in [0, 0.1) is 5.82 Å². The number of hydrogen-bond acceptors (Lipinski definition) is 1. The molecule has 1 aromatic rings. The first-order valence-electron chi connectivity index (χ1n) is 4.45. The molecule has 2 nitrogen and oxygen atoms in total. The van der Waals surface area contributed by atoms with E-state index in [0.717, 1.165) is 4.47 Å². The van der Waals surface area contributed by atoms with Crippen molar-refractivity contribution >= 4 is 21.8 Å². The van der Waals surface area contributed by atoms with Gasteiger partial charge in [-0.05, 0) is 23.8 Å². The van der Waals surface area contributed by atoms with Gasteiger partial charge in [0.2, 0.25) is 5.91 Å². The van der Waals surface area contributed by atoms with E-state index in [2.05, 4.69) is 27.8 Å². The Kier molecular flexibility index (Phi) is 4.49. The third kappa shape index (κ3) is 3.83. The second kappa shape index (κ2) is 5.66. The molecule has 0 aromatic heterocycles. The third-order valence-electron chi connectivity index (χ3n) is 1.80. The molecule has 1 N–H and O–H groups in total. The Morgan fingerprint density at radius 2 is 2.33 bits per heavy atom. The molecule has 0 aliphatic heterocycles. The van der Waals surface area contributed by atoms with Crippen molar-refractivity contribution in [2.45, 2.75) is 6.42 Å². The van der Waals surface area contributed by atoms with Gasteiger partial charge in [-0.1, -0.05) is 22.0 Å². The SMILES string of the molecule is C=CCNC(=O)Cc1cc(Br)ccc1F. The van der Waals surface area contributed by atoms with Crippen molar-refractivity contribution in [1.82, 2.24) is 5.32 Å². The first kappa shape index (κ1) is 11.9. The molecule has 0 saturated heterocycles. The Morgan fingerprint density at radius 3 is 3.00 bits per heavy atom. The summed E-state index contributed by atoms with van der Waals surface area (Å²) in [5.41, 5.74) is 0.380. The van der Waals surface area contributed by atoms with Crippen molar-refractivity contribution in [3.05, 3.63) is 46.7 Å². The van der Waals surface area contributed by atoms with Gasteiger partial charge in [0.05, 0.1) is 6.42 Å². The second-order valence-corrected chi connectivity index (χ2v) is 3.92. The minimum Gasteiger partial charge on any atom is -0.352 e. The first-order chi connectivity index (χ1) is 7.13. The van der Waals surface area contributed by atoms with Gasteiger partial charge in [-0.25, -0.2) is 4.39 Å². The predicted molar refractivity (Wildman–Crippen MR) is 61.0 cm³/mol. The van der Waals surface area contributed by atoms with Crippen molar-refractivity contribution in [2.75, 3.05) is 6.54 Å². The minimum atomic E-state index is -0.369. The average molecular weight is 272 g/mol. The van der Waals surface area contributed by atoms with Gasteiger partial charge < -0.3 is 5.32 Å². The van der Waals surface area contributed by atoms with Crippen LogP contribution in [0.2, 0.25) is 0 Å². The van der Waals surface area contributed by atoms with Gasteiger partial charge in [0.15, 0.2) is 0 Å². The van der Waals surface area contributed by atoms with Gasteiger partial charge in [0.25, 0.3) is 0 Å². The molecule has 1 aromatic carbocycles. The van der Waals surface area contributed by atoms with Crippen molar-refractivity contribution in [3.63, 3.8) is 0 Å². The Morgan fingerprint density at radius 1 is 1.60 bits per heavy atom. The summed E-state index contributed by atoms with van der Waals surface area (Å²) in [6.45, 7) is 3.87. The van der Waals surface area contributed by atoms with Gasteiger partial charge in [0.1, 0.15) is 5.82 Å². The number of amides is 1. The molecule has 1 amide bonds. The van der Waals surface area contributed by atoms with Crippen LogP contribution in [0.4, 0.5) is 4.39 Å². The second-order valence-electron chi connectivity index (χ2n) is 3.01. The predicted octanol–water partition coefficient (Wildman–Crippen LogP) is 2.43. The molecule has 0 saturated carbocycles. The van der Waals surface area contributed by atoms with Crippen LogP contribution < -0.4 is 5.32 Å². The molecule has 0 radical (unpaired) electrons. The van der Waals surface area contributed by atoms with E-state index in [0.29, 0.717) is 12.1 Å². The van der Waals surface area contributed by atoms with Crippen molar-refractivity contribution < 1.29 is 9.18 Å². The molecule has 15 heavy (non-hydrogen) atoms. The maximum absolute atomic E-state index is 13.2. The zero-order valence-corrected chi connectivity index (χ0v) is 9.68. The maximum atomic E-state index is 13.2. The van der Waals surface area contributed by atoms with Crippen LogP contribution in [-0.4, -0.2) is 12.5 Å². The standard InChI is InChI=1S/C11H11BrFNO/c1-2-5-14-11(15)7-8-6-9(12)3-4-10(8)13/h2-4,6H,1,5,7H2,(H,14,15). The fourth-order valence-electron chi connectivity index (χ4n) is 1.10. The summed E-state index contributed by atoms with van der Waals surface area (Å²) in [5, 5.41) is 2.59. The Bertz CT molecular complexity index is 379. The highest BCUT2D eigenvalue weighted by molar-refractivity contribution is 9.10. The Labute approximate surface area is 96.3 Å². The molecule has 1 rings (SSSR count). The van der Waals surface area contributed by atoms with E-state index in [1.54, 1.807) is 18.2 Å². The van der Waals surface area contributed by atoms with Crippen molar-refractivity contribution in [3.8, 4) is 0 Å². The monoisotopic (exact) mass is 271 g/mol. The van der Waals surface area contributed by atoms with Gasteiger partial charge in [-0.15, -0.1) is 6.58 Å². The average Bonchev–Trinajstić information content (AvgIpc) is 2.20. The van der Waals surface area contributed by atoms with E-state index in [1.807, 2.05) is 0 Å². The molecule has 0 spiro atoms. The van der Waals surface area contributed by atoms with Gasteiger partial charge in [-0.3, -0.25) is 4.79 Å². The van der Waals surface area contributed by atoms with E-state index in [9.17, 15) is 9.18 Å². The summed E-state index contributed by atoms with van der Waals surface area (Å²) >= 11 is 3.22. The van der Waals surface area contributed by atoms with Gasteiger partial charge in [0, 0.05) is 11.0 Å². The summed E-state index contributed by atoms with van der Waals surface area (Å²) in [4.78, 5) is 11.3. The van der Waals surface area contributed by atoms with Crippen molar-refractivity contribution in [2.24, 2.45) is 0 Å². The quantitative estimate of drug-likeness (QED) is 0.838. The minimum absolute atomic E-state index is 0.0408. The summed E-state index contributed by atoms with van der Waals surface area (Å²) in [7, 11) is 0. The molecule has 80 valence electrons. The summed E-state index contributed by atoms with van der Waals surface area (Å²) in [6, 6.07) is 4.53. The van der Waals surface area contributed by atoms with E-state index < -0.39 is 0 Å². The lowest BCUT2D eigenvalue weighted by atomic mass is 10.1. The zero-order chi connectivity index (χ0) is 11.3. The zero-order valence-electron chi connectivity index (χ0n) is 8.09. The van der Waals surface area contributed by atoms with Crippen LogP contribution in [0.25, 0.3) is 0 Å². The normalized spacial score (nSPS) is 9.73. The number of benzene rings is 1. The number of nitrogens with one attached hydrogen (secondary N) is 1. The molecule has 4 heteroatoms. The van der Waals surface area contributed by atoms with Crippen LogP contribution in [0.1, 0.15) is 5.56 Å². The van der Waals surface area contributed by atoms with Crippen LogP contribution >= 0.6 is 15.9 Å². The maximum Gasteiger partial charge on any atom is 0.224 e. The summed E-state index contributed by atoms with van der Waals surface area (Å²) < 4.78 is 14.0. The molecule has 0 atom stereocenters. The number of carbonyl (C=O) groups excluding carboxylic acids is 1. The Hall–Kier alpha value is -1.16. The number of halogens is 2. The van der Waals surface area contributed by atoms with E-state index >= 15 is 0 Å². The lowest BCUT2D eigenvalue weighted by Crippen LogP contribution is -2.25. The molecule has 0 bridgehead atoms. The van der Waals surface area contributed by atoms with Crippen LogP contribution in [0.3, 0.4) is 0 Å². The van der Waals surface area contributed by atoms with E-state index in [4.69, 9.17) is 0 Å². The fraction of sp³-hybridized carbons (Fsp3) is 0.182. The smallest absolute Gasteiger partial charge is 0.224 e. The lowest BCUT2D eigenvalue weighted by Gasteiger charge is -2.04. The third-order valence-corrected chi connectivity index (χ3v) is 2.30. The Balaban J connectivity index is 2.67. The van der Waals surface area contributed by atoms with E-state index in [-0.39, 0.29) is 18.1 Å². The highest BCUT2D eigenvalue weighted by Crippen LogP contribution is 2.15. The lowest BCUT2D eigenvalue weighted by molar-refractivity contribution is -0.120. The van der Waals surface area contributed by atoms with Crippen LogP contribution in [0.15, 0.2) is 35.3 Å². The first-order valence-corrected chi connectivity index (χ1v) is 5.24. The summed E-state index contributed by atoms with van der Waals surface area (Å²) in [5.74, 6) is -0.584. The number of hydrogen-bond donors (Lipinski definition) is 1. The molecule has 0 fully saturated rings. The topological polar surface area (TPSA) is 29.1 Å². The molecule has 0 unspecified atom stereocenters. The molecule has 0 aliphatic carbocycles. The fourth-order valence-corrected chi connectivity index (χ4v) is 1.51. The highest BCUT2D eigenvalue weighted by Gasteiger charge is 2.07. The molecule has 0 heterocycles. The van der Waals surface area contributed by atoms with Crippen LogP contribution in [0.5, 0.6) is 0 Å². The van der Waals surface area contributed by atoms with E-state index in [1.165, 1.54) is 6.07 Å². The van der Waals surface area contributed by atoms with Crippen molar-refractivity contribution in [1.29, 1.82) is 0 Å². The van der Waals surface area contributed by atoms with Gasteiger partial charge in [-0.2, -0.15) is 0 Å². The summed E-state index contributed by atoms with van der Waals surface area (Å²) in [6.07, 6.45) is 1.62. The molecular weight excluding hydrogens is 261 g/mol. The molecular formula is C11H11BrFNO.